The number of aryl methyl sites for hydroxylation is 1. The third-order valence-corrected chi connectivity index (χ3v) is 3.39. The molecule has 0 aliphatic rings. The molecule has 0 fully saturated rings. The summed E-state index contributed by atoms with van der Waals surface area (Å²) in [4.78, 5) is 23.4. The molecule has 0 saturated carbocycles. The molecule has 0 saturated heterocycles. The Labute approximate surface area is 139 Å². The highest BCUT2D eigenvalue weighted by atomic mass is 35.5. The van der Waals surface area contributed by atoms with Crippen molar-refractivity contribution in [3.05, 3.63) is 64.7 Å². The molecular weight excluding hydrogens is 314 g/mol. The molecule has 0 aliphatic heterocycles. The first kappa shape index (κ1) is 16.7. The van der Waals surface area contributed by atoms with Gasteiger partial charge in [0.25, 0.3) is 0 Å². The van der Waals surface area contributed by atoms with Gasteiger partial charge in [-0.15, -0.1) is 0 Å². The van der Waals surface area contributed by atoms with Gasteiger partial charge in [0.05, 0.1) is 6.21 Å². The lowest BCUT2D eigenvalue weighted by molar-refractivity contribution is -0.126. The fourth-order valence-corrected chi connectivity index (χ4v) is 1.96. The zero-order chi connectivity index (χ0) is 16.7. The maximum Gasteiger partial charge on any atom is 0.249 e. The van der Waals surface area contributed by atoms with Gasteiger partial charge >= 0.3 is 0 Å². The summed E-state index contributed by atoms with van der Waals surface area (Å²) in [5.41, 5.74) is 4.63. The van der Waals surface area contributed by atoms with E-state index in [-0.39, 0.29) is 6.42 Å². The summed E-state index contributed by atoms with van der Waals surface area (Å²) in [6.45, 7) is 1.87. The normalized spacial score (nSPS) is 10.5. The summed E-state index contributed by atoms with van der Waals surface area (Å²) in [6.07, 6.45) is 1.19. The lowest BCUT2D eigenvalue weighted by Crippen LogP contribution is -2.24. The Morgan fingerprint density at radius 3 is 2.57 bits per heavy atom. The predicted molar refractivity (Wildman–Crippen MR) is 91.6 cm³/mol. The first-order valence-corrected chi connectivity index (χ1v) is 7.35. The van der Waals surface area contributed by atoms with Gasteiger partial charge in [0.15, 0.2) is 0 Å². The molecule has 0 aromatic heterocycles. The summed E-state index contributed by atoms with van der Waals surface area (Å²) >= 11 is 5.98. The van der Waals surface area contributed by atoms with E-state index in [2.05, 4.69) is 15.8 Å². The van der Waals surface area contributed by atoms with Gasteiger partial charge in [0.1, 0.15) is 6.42 Å². The van der Waals surface area contributed by atoms with Crippen LogP contribution in [-0.2, 0) is 9.59 Å². The summed E-state index contributed by atoms with van der Waals surface area (Å²) in [5, 5.41) is 6.97. The molecular formula is C17H16ClN3O2. The van der Waals surface area contributed by atoms with E-state index in [0.29, 0.717) is 10.7 Å². The third-order valence-electron chi connectivity index (χ3n) is 2.98. The summed E-state index contributed by atoms with van der Waals surface area (Å²) in [5.74, 6) is -0.926. The van der Waals surface area contributed by atoms with Crippen LogP contribution in [0.4, 0.5) is 5.69 Å². The Bertz CT molecular complexity index is 730. The molecule has 6 heteroatoms. The number of nitrogens with zero attached hydrogens (tertiary/aromatic N) is 1. The maximum absolute atomic E-state index is 11.8. The van der Waals surface area contributed by atoms with Gasteiger partial charge < -0.3 is 5.32 Å². The number of anilines is 1. The van der Waals surface area contributed by atoms with Crippen molar-refractivity contribution in [3.8, 4) is 0 Å². The van der Waals surface area contributed by atoms with E-state index < -0.39 is 11.8 Å². The molecule has 0 aliphatic carbocycles. The van der Waals surface area contributed by atoms with Crippen LogP contribution in [-0.4, -0.2) is 18.0 Å². The van der Waals surface area contributed by atoms with Gasteiger partial charge in [-0.05, 0) is 30.2 Å². The van der Waals surface area contributed by atoms with Crippen LogP contribution in [0.2, 0.25) is 5.02 Å². The molecule has 0 radical (unpaired) electrons. The van der Waals surface area contributed by atoms with Crippen molar-refractivity contribution in [2.75, 3.05) is 5.32 Å². The molecule has 23 heavy (non-hydrogen) atoms. The lowest BCUT2D eigenvalue weighted by Gasteiger charge is -2.06. The van der Waals surface area contributed by atoms with Crippen LogP contribution in [0, 0.1) is 6.92 Å². The highest BCUT2D eigenvalue weighted by Gasteiger charge is 2.09. The third kappa shape index (κ3) is 5.56. The molecule has 2 aromatic carbocycles. The molecule has 0 bridgehead atoms. The molecule has 2 amide bonds. The smallest absolute Gasteiger partial charge is 0.249 e. The quantitative estimate of drug-likeness (QED) is 0.502. The Kier molecular flexibility index (Phi) is 5.88. The standard InChI is InChI=1S/C17H16ClN3O2/c1-12-7-8-14(9-15(12)18)20-16(22)10-17(23)21-19-11-13-5-3-2-4-6-13/h2-9,11H,10H2,1H3,(H,20,22)(H,21,23). The van der Waals surface area contributed by atoms with E-state index >= 15 is 0 Å². The van der Waals surface area contributed by atoms with Gasteiger partial charge in [0, 0.05) is 10.7 Å². The van der Waals surface area contributed by atoms with E-state index in [1.54, 1.807) is 18.2 Å². The van der Waals surface area contributed by atoms with Crippen molar-refractivity contribution in [1.29, 1.82) is 0 Å². The zero-order valence-corrected chi connectivity index (χ0v) is 13.3. The highest BCUT2D eigenvalue weighted by molar-refractivity contribution is 6.31. The maximum atomic E-state index is 11.8. The molecule has 5 nitrogen and oxygen atoms in total. The number of amides is 2. The minimum Gasteiger partial charge on any atom is -0.326 e. The SMILES string of the molecule is Cc1ccc(NC(=O)CC(=O)NN=Cc2ccccc2)cc1Cl. The second kappa shape index (κ2) is 8.10. The number of hydrogen-bond donors (Lipinski definition) is 2. The largest absolute Gasteiger partial charge is 0.326 e. The van der Waals surface area contributed by atoms with Crippen molar-refractivity contribution in [2.24, 2.45) is 5.10 Å². The van der Waals surface area contributed by atoms with Crippen LogP contribution in [0.3, 0.4) is 0 Å². The van der Waals surface area contributed by atoms with E-state index in [1.807, 2.05) is 37.3 Å². The number of hydrogen-bond acceptors (Lipinski definition) is 3. The minimum absolute atomic E-state index is 0.322. The number of halogens is 1. The molecule has 0 unspecified atom stereocenters. The molecule has 0 atom stereocenters. The Morgan fingerprint density at radius 1 is 1.13 bits per heavy atom. The van der Waals surface area contributed by atoms with Crippen LogP contribution in [0.1, 0.15) is 17.5 Å². The molecule has 0 spiro atoms. The van der Waals surface area contributed by atoms with Crippen LogP contribution in [0.15, 0.2) is 53.6 Å². The average molecular weight is 330 g/mol. The number of rotatable bonds is 5. The van der Waals surface area contributed by atoms with Gasteiger partial charge in [0.2, 0.25) is 11.8 Å². The number of hydrazone groups is 1. The Morgan fingerprint density at radius 2 is 1.87 bits per heavy atom. The number of carbonyl (C=O) groups is 2. The Balaban J connectivity index is 1.81. The summed E-state index contributed by atoms with van der Waals surface area (Å²) < 4.78 is 0. The molecule has 118 valence electrons. The minimum atomic E-state index is -0.493. The second-order valence-electron chi connectivity index (χ2n) is 4.89. The number of nitrogens with one attached hydrogen (secondary N) is 2. The summed E-state index contributed by atoms with van der Waals surface area (Å²) in [7, 11) is 0. The highest BCUT2D eigenvalue weighted by Crippen LogP contribution is 2.19. The lowest BCUT2D eigenvalue weighted by atomic mass is 10.2. The first-order chi connectivity index (χ1) is 11.0. The van der Waals surface area contributed by atoms with E-state index in [9.17, 15) is 9.59 Å². The van der Waals surface area contributed by atoms with Crippen LogP contribution in [0.5, 0.6) is 0 Å². The van der Waals surface area contributed by atoms with Crippen molar-refractivity contribution in [1.82, 2.24) is 5.43 Å². The van der Waals surface area contributed by atoms with Gasteiger partial charge in [-0.2, -0.15) is 5.10 Å². The van der Waals surface area contributed by atoms with Crippen molar-refractivity contribution < 1.29 is 9.59 Å². The van der Waals surface area contributed by atoms with Crippen LogP contribution in [0.25, 0.3) is 0 Å². The van der Waals surface area contributed by atoms with Crippen LogP contribution < -0.4 is 10.7 Å². The molecule has 2 N–H and O–H groups in total. The monoisotopic (exact) mass is 329 g/mol. The molecule has 2 aromatic rings. The van der Waals surface area contributed by atoms with Crippen LogP contribution >= 0.6 is 11.6 Å². The Hall–Kier alpha value is -2.66. The second-order valence-corrected chi connectivity index (χ2v) is 5.30. The number of benzene rings is 2. The predicted octanol–water partition coefficient (Wildman–Crippen LogP) is 3.13. The van der Waals surface area contributed by atoms with Crippen molar-refractivity contribution in [2.45, 2.75) is 13.3 Å². The van der Waals surface area contributed by atoms with E-state index in [4.69, 9.17) is 11.6 Å². The fraction of sp³-hybridized carbons (Fsp3) is 0.118. The van der Waals surface area contributed by atoms with E-state index in [0.717, 1.165) is 11.1 Å². The first-order valence-electron chi connectivity index (χ1n) is 6.97. The molecule has 0 heterocycles. The average Bonchev–Trinajstić information content (AvgIpc) is 2.52. The van der Waals surface area contributed by atoms with Crippen molar-refractivity contribution in [3.63, 3.8) is 0 Å². The van der Waals surface area contributed by atoms with Crippen molar-refractivity contribution >= 4 is 35.3 Å². The summed E-state index contributed by atoms with van der Waals surface area (Å²) in [6, 6.07) is 14.5. The van der Waals surface area contributed by atoms with E-state index in [1.165, 1.54) is 6.21 Å². The topological polar surface area (TPSA) is 70.6 Å². The van der Waals surface area contributed by atoms with Gasteiger partial charge in [-0.1, -0.05) is 48.0 Å². The fourth-order valence-electron chi connectivity index (χ4n) is 1.78. The van der Waals surface area contributed by atoms with Gasteiger partial charge in [-0.25, -0.2) is 5.43 Å². The number of carbonyl (C=O) groups excluding carboxylic acids is 2. The zero-order valence-electron chi connectivity index (χ0n) is 12.5. The molecule has 2 rings (SSSR count). The van der Waals surface area contributed by atoms with Gasteiger partial charge in [-0.3, -0.25) is 9.59 Å².